The maximum Gasteiger partial charge on any atom is 0.0468 e. The Morgan fingerprint density at radius 3 is 0.828 bits per heavy atom. The van der Waals surface area contributed by atoms with Crippen molar-refractivity contribution in [3.8, 4) is 44.5 Å². The van der Waals surface area contributed by atoms with Gasteiger partial charge in [-0.05, 0) is 151 Å². The highest BCUT2D eigenvalue weighted by Gasteiger charge is 2.21. The summed E-state index contributed by atoms with van der Waals surface area (Å²) in [6, 6.07) is 96.5. The number of benzene rings is 11. The van der Waals surface area contributed by atoms with Gasteiger partial charge < -0.3 is 9.80 Å². The van der Waals surface area contributed by atoms with Crippen LogP contribution in [-0.2, 0) is 0 Å². The van der Waals surface area contributed by atoms with Crippen LogP contribution >= 0.6 is 0 Å². The fraction of sp³-hybridized carbons (Fsp3) is 0. The van der Waals surface area contributed by atoms with Crippen molar-refractivity contribution in [2.24, 2.45) is 0 Å². The average Bonchev–Trinajstić information content (AvgIpc) is 3.37. The van der Waals surface area contributed by atoms with E-state index in [-0.39, 0.29) is 0 Å². The van der Waals surface area contributed by atoms with Crippen LogP contribution in [0, 0.1) is 0 Å². The predicted octanol–water partition coefficient (Wildman–Crippen LogP) is 17.6. The molecule has 0 unspecified atom stereocenters. The first kappa shape index (κ1) is 38.5. The van der Waals surface area contributed by atoms with Gasteiger partial charge in [0.25, 0.3) is 0 Å². The Bertz CT molecular complexity index is 3070. The summed E-state index contributed by atoms with van der Waals surface area (Å²) in [6.45, 7) is 0. The molecular weight excluding hydrogens is 773 g/mol. The van der Waals surface area contributed by atoms with Gasteiger partial charge in [-0.2, -0.15) is 0 Å². The van der Waals surface area contributed by atoms with Crippen LogP contribution in [-0.4, -0.2) is 0 Å². The van der Waals surface area contributed by atoms with E-state index in [1.807, 2.05) is 0 Å². The van der Waals surface area contributed by atoms with Gasteiger partial charge in [0, 0.05) is 34.1 Å². The fourth-order valence-corrected chi connectivity index (χ4v) is 9.16. The molecule has 0 heterocycles. The quantitative estimate of drug-likeness (QED) is 0.136. The van der Waals surface area contributed by atoms with Crippen LogP contribution in [0.25, 0.3) is 66.1 Å². The van der Waals surface area contributed by atoms with Crippen LogP contribution in [0.15, 0.2) is 267 Å². The molecule has 11 rings (SSSR count). The Balaban J connectivity index is 1.14. The lowest BCUT2D eigenvalue weighted by Crippen LogP contribution is -2.10. The summed E-state index contributed by atoms with van der Waals surface area (Å²) in [4.78, 5) is 4.70. The molecule has 0 bridgehead atoms. The first-order valence-electron chi connectivity index (χ1n) is 21.9. The average molecular weight is 817 g/mol. The first-order chi connectivity index (χ1) is 31.7. The van der Waals surface area contributed by atoms with Crippen molar-refractivity contribution in [2.45, 2.75) is 0 Å². The number of fused-ring (bicyclic) bond motifs is 2. The van der Waals surface area contributed by atoms with E-state index in [9.17, 15) is 0 Å². The number of rotatable bonds is 10. The standard InChI is InChI=1S/C62H44N2/c1-5-23-51(24-6-1)63(52-25-7-2-8-26-52)55-37-39-59(61(43-55)49-35-33-45-19-13-15-21-47(45)41-49)57-31-17-18-32-58(57)60-40-38-56(44-62(60)50-36-34-46-20-14-16-22-48(46)42-50)64(53-27-9-3-10-28-53)54-29-11-4-12-30-54/h1-44H. The maximum atomic E-state index is 2.38. The Kier molecular flexibility index (Phi) is 10.3. The van der Waals surface area contributed by atoms with Gasteiger partial charge in [0.2, 0.25) is 0 Å². The molecule has 0 aliphatic heterocycles. The number of nitrogens with zero attached hydrogens (tertiary/aromatic N) is 2. The Hall–Kier alpha value is -8.46. The van der Waals surface area contributed by atoms with E-state index in [2.05, 4.69) is 277 Å². The molecule has 302 valence electrons. The largest absolute Gasteiger partial charge is 0.310 e. The summed E-state index contributed by atoms with van der Waals surface area (Å²) < 4.78 is 0. The molecule has 0 aromatic heterocycles. The van der Waals surface area contributed by atoms with Crippen LogP contribution in [0.3, 0.4) is 0 Å². The van der Waals surface area contributed by atoms with Gasteiger partial charge in [0.15, 0.2) is 0 Å². The lowest BCUT2D eigenvalue weighted by atomic mass is 9.85. The molecule has 0 atom stereocenters. The molecule has 2 heteroatoms. The van der Waals surface area contributed by atoms with E-state index in [1.54, 1.807) is 0 Å². The highest BCUT2D eigenvalue weighted by molar-refractivity contribution is 6.01. The van der Waals surface area contributed by atoms with Crippen molar-refractivity contribution in [3.05, 3.63) is 267 Å². The van der Waals surface area contributed by atoms with E-state index in [0.29, 0.717) is 0 Å². The summed E-state index contributed by atoms with van der Waals surface area (Å²) in [7, 11) is 0. The second-order valence-electron chi connectivity index (χ2n) is 16.1. The zero-order valence-electron chi connectivity index (χ0n) is 35.3. The SMILES string of the molecule is c1ccc(N(c2ccccc2)c2ccc(-c3ccccc3-c3ccc(N(c4ccccc4)c4ccccc4)cc3-c3ccc4ccccc4c3)c(-c3ccc4ccccc4c3)c2)cc1. The molecule has 0 N–H and O–H groups in total. The van der Waals surface area contributed by atoms with E-state index in [1.165, 1.54) is 43.8 Å². The molecule has 0 amide bonds. The number of hydrogen-bond acceptors (Lipinski definition) is 2. The van der Waals surface area contributed by atoms with Gasteiger partial charge in [-0.25, -0.2) is 0 Å². The van der Waals surface area contributed by atoms with Gasteiger partial charge in [-0.1, -0.05) is 182 Å². The van der Waals surface area contributed by atoms with Gasteiger partial charge in [0.1, 0.15) is 0 Å². The lowest BCUT2D eigenvalue weighted by molar-refractivity contribution is 1.28. The minimum Gasteiger partial charge on any atom is -0.310 e. The zero-order chi connectivity index (χ0) is 42.7. The highest BCUT2D eigenvalue weighted by Crippen LogP contribution is 2.47. The van der Waals surface area contributed by atoms with Crippen LogP contribution in [0.1, 0.15) is 0 Å². The van der Waals surface area contributed by atoms with E-state index >= 15 is 0 Å². The van der Waals surface area contributed by atoms with Crippen molar-refractivity contribution >= 4 is 55.7 Å². The van der Waals surface area contributed by atoms with Gasteiger partial charge in [0.05, 0.1) is 0 Å². The summed E-state index contributed by atoms with van der Waals surface area (Å²) in [5.74, 6) is 0. The predicted molar refractivity (Wildman–Crippen MR) is 273 cm³/mol. The normalized spacial score (nSPS) is 11.1. The summed E-state index contributed by atoms with van der Waals surface area (Å²) in [5.41, 5.74) is 15.9. The van der Waals surface area contributed by atoms with Crippen LogP contribution in [0.2, 0.25) is 0 Å². The number of para-hydroxylation sites is 4. The van der Waals surface area contributed by atoms with Crippen LogP contribution in [0.4, 0.5) is 34.1 Å². The van der Waals surface area contributed by atoms with E-state index < -0.39 is 0 Å². The van der Waals surface area contributed by atoms with Crippen LogP contribution in [0.5, 0.6) is 0 Å². The summed E-state index contributed by atoms with van der Waals surface area (Å²) in [6.07, 6.45) is 0. The topological polar surface area (TPSA) is 6.48 Å². The second kappa shape index (κ2) is 17.1. The molecule has 2 nitrogen and oxygen atoms in total. The number of hydrogen-bond donors (Lipinski definition) is 0. The number of anilines is 6. The molecule has 0 saturated heterocycles. The molecule has 0 fully saturated rings. The molecule has 0 saturated carbocycles. The third-order valence-electron chi connectivity index (χ3n) is 12.2. The van der Waals surface area contributed by atoms with E-state index in [0.717, 1.165) is 56.4 Å². The maximum absolute atomic E-state index is 2.38. The molecular formula is C62H44N2. The van der Waals surface area contributed by atoms with Gasteiger partial charge in [-0.3, -0.25) is 0 Å². The minimum atomic E-state index is 1.09. The molecule has 0 radical (unpaired) electrons. The minimum absolute atomic E-state index is 1.09. The molecule has 0 spiro atoms. The smallest absolute Gasteiger partial charge is 0.0468 e. The molecule has 11 aromatic rings. The zero-order valence-corrected chi connectivity index (χ0v) is 35.3. The molecule has 0 aliphatic carbocycles. The summed E-state index contributed by atoms with van der Waals surface area (Å²) >= 11 is 0. The Morgan fingerprint density at radius 1 is 0.172 bits per heavy atom. The van der Waals surface area contributed by atoms with Crippen molar-refractivity contribution in [1.29, 1.82) is 0 Å². The lowest BCUT2D eigenvalue weighted by Gasteiger charge is -2.28. The second-order valence-corrected chi connectivity index (χ2v) is 16.1. The van der Waals surface area contributed by atoms with Crippen LogP contribution < -0.4 is 9.80 Å². The monoisotopic (exact) mass is 816 g/mol. The fourth-order valence-electron chi connectivity index (χ4n) is 9.16. The Morgan fingerprint density at radius 2 is 0.469 bits per heavy atom. The Labute approximate surface area is 375 Å². The van der Waals surface area contributed by atoms with E-state index in [4.69, 9.17) is 0 Å². The molecule has 11 aromatic carbocycles. The molecule has 64 heavy (non-hydrogen) atoms. The molecule has 0 aliphatic rings. The van der Waals surface area contributed by atoms with Gasteiger partial charge in [-0.15, -0.1) is 0 Å². The van der Waals surface area contributed by atoms with Gasteiger partial charge >= 0.3 is 0 Å². The van der Waals surface area contributed by atoms with Crippen molar-refractivity contribution in [3.63, 3.8) is 0 Å². The van der Waals surface area contributed by atoms with Crippen molar-refractivity contribution in [1.82, 2.24) is 0 Å². The third-order valence-corrected chi connectivity index (χ3v) is 12.2. The highest BCUT2D eigenvalue weighted by atomic mass is 15.1. The van der Waals surface area contributed by atoms with Crippen molar-refractivity contribution < 1.29 is 0 Å². The van der Waals surface area contributed by atoms with Crippen molar-refractivity contribution in [2.75, 3.05) is 9.80 Å². The summed E-state index contributed by atoms with van der Waals surface area (Å²) in [5, 5.41) is 4.87. The first-order valence-corrected chi connectivity index (χ1v) is 21.9. The third kappa shape index (κ3) is 7.48.